The minimum Gasteiger partial charge on any atom is -0.478 e. The van der Waals surface area contributed by atoms with Gasteiger partial charge < -0.3 is 10.0 Å². The highest BCUT2D eigenvalue weighted by Crippen LogP contribution is 2.22. The summed E-state index contributed by atoms with van der Waals surface area (Å²) in [5, 5.41) is 14.0. The summed E-state index contributed by atoms with van der Waals surface area (Å²) in [6, 6.07) is 1.27. The predicted molar refractivity (Wildman–Crippen MR) is 104 cm³/mol. The standard InChI is InChI=1S/C17H25N5O4S/c1-6-22-12(3)14(11(2)19-22)7-8-21(4)16-15(17(23)24)9-13(10-18-16)20-27(5,25)26/h9-10,20H,6-8H2,1-5H3,(H,23,24). The van der Waals surface area contributed by atoms with Gasteiger partial charge in [0.15, 0.2) is 0 Å². The van der Waals surface area contributed by atoms with Gasteiger partial charge in [0.05, 0.1) is 23.8 Å². The van der Waals surface area contributed by atoms with Crippen LogP contribution in [-0.4, -0.2) is 54.1 Å². The third-order valence-corrected chi connectivity index (χ3v) is 4.90. The van der Waals surface area contributed by atoms with E-state index in [1.165, 1.54) is 12.3 Å². The van der Waals surface area contributed by atoms with Crippen LogP contribution in [0.3, 0.4) is 0 Å². The fourth-order valence-electron chi connectivity index (χ4n) is 2.98. The number of carbonyl (C=O) groups is 1. The Kier molecular flexibility index (Phi) is 6.09. The number of pyridine rings is 1. The third-order valence-electron chi connectivity index (χ3n) is 4.29. The molecule has 0 aromatic carbocycles. The molecule has 0 aliphatic carbocycles. The molecule has 0 radical (unpaired) electrons. The first-order valence-corrected chi connectivity index (χ1v) is 10.4. The van der Waals surface area contributed by atoms with Crippen molar-refractivity contribution in [1.82, 2.24) is 14.8 Å². The van der Waals surface area contributed by atoms with Gasteiger partial charge in [-0.15, -0.1) is 0 Å². The largest absolute Gasteiger partial charge is 0.478 e. The first-order chi connectivity index (χ1) is 12.5. The molecule has 0 aliphatic heterocycles. The van der Waals surface area contributed by atoms with E-state index in [0.29, 0.717) is 13.0 Å². The maximum atomic E-state index is 11.6. The maximum absolute atomic E-state index is 11.6. The Bertz CT molecular complexity index is 952. The molecule has 0 aliphatic rings. The lowest BCUT2D eigenvalue weighted by atomic mass is 10.1. The van der Waals surface area contributed by atoms with Crippen molar-refractivity contribution in [3.05, 3.63) is 34.8 Å². The zero-order valence-corrected chi connectivity index (χ0v) is 17.0. The Morgan fingerprint density at radius 3 is 2.56 bits per heavy atom. The summed E-state index contributed by atoms with van der Waals surface area (Å²) in [5.74, 6) is -0.896. The van der Waals surface area contributed by atoms with Crippen LogP contribution in [-0.2, 0) is 23.0 Å². The Balaban J connectivity index is 2.24. The molecule has 2 aromatic rings. The van der Waals surface area contributed by atoms with Crippen molar-refractivity contribution < 1.29 is 18.3 Å². The van der Waals surface area contributed by atoms with Gasteiger partial charge >= 0.3 is 5.97 Å². The molecule has 27 heavy (non-hydrogen) atoms. The number of aromatic carboxylic acids is 1. The van der Waals surface area contributed by atoms with Crippen LogP contribution in [0, 0.1) is 13.8 Å². The Morgan fingerprint density at radius 2 is 2.04 bits per heavy atom. The van der Waals surface area contributed by atoms with Gasteiger partial charge in [-0.3, -0.25) is 9.40 Å². The quantitative estimate of drug-likeness (QED) is 0.698. The number of hydrogen-bond acceptors (Lipinski definition) is 6. The van der Waals surface area contributed by atoms with Crippen molar-refractivity contribution in [3.8, 4) is 0 Å². The number of aromatic nitrogens is 3. The minimum absolute atomic E-state index is 0.0659. The molecule has 10 heteroatoms. The molecule has 0 bridgehead atoms. The molecule has 0 amide bonds. The van der Waals surface area contributed by atoms with Crippen molar-refractivity contribution in [2.75, 3.05) is 29.5 Å². The zero-order valence-electron chi connectivity index (χ0n) is 16.1. The number of sulfonamides is 1. The van der Waals surface area contributed by atoms with E-state index in [-0.39, 0.29) is 17.1 Å². The van der Waals surface area contributed by atoms with Crippen molar-refractivity contribution in [2.45, 2.75) is 33.7 Å². The van der Waals surface area contributed by atoms with Gasteiger partial charge in [-0.25, -0.2) is 18.2 Å². The molecule has 2 heterocycles. The number of nitrogens with zero attached hydrogens (tertiary/aromatic N) is 4. The average Bonchev–Trinajstić information content (AvgIpc) is 2.84. The van der Waals surface area contributed by atoms with E-state index in [4.69, 9.17) is 0 Å². The van der Waals surface area contributed by atoms with Crippen molar-refractivity contribution in [2.24, 2.45) is 0 Å². The van der Waals surface area contributed by atoms with Gasteiger partial charge in [-0.05, 0) is 38.8 Å². The van der Waals surface area contributed by atoms with Gasteiger partial charge in [0, 0.05) is 25.8 Å². The van der Waals surface area contributed by atoms with E-state index in [2.05, 4.69) is 14.8 Å². The van der Waals surface area contributed by atoms with Crippen molar-refractivity contribution in [3.63, 3.8) is 0 Å². The van der Waals surface area contributed by atoms with Crippen LogP contribution in [0.2, 0.25) is 0 Å². The molecular formula is C17H25N5O4S. The second-order valence-corrected chi connectivity index (χ2v) is 8.16. The first kappa shape index (κ1) is 20.7. The average molecular weight is 395 g/mol. The second-order valence-electron chi connectivity index (χ2n) is 6.41. The van der Waals surface area contributed by atoms with Crippen LogP contribution in [0.5, 0.6) is 0 Å². The SMILES string of the molecule is CCn1nc(C)c(CCN(C)c2ncc(NS(C)(=O)=O)cc2C(=O)O)c1C. The van der Waals surface area contributed by atoms with Crippen LogP contribution >= 0.6 is 0 Å². The highest BCUT2D eigenvalue weighted by Gasteiger charge is 2.18. The molecule has 0 saturated heterocycles. The summed E-state index contributed by atoms with van der Waals surface area (Å²) in [5.41, 5.74) is 3.24. The number of nitrogens with one attached hydrogen (secondary N) is 1. The number of aryl methyl sites for hydroxylation is 2. The van der Waals surface area contributed by atoms with Crippen LogP contribution in [0.1, 0.15) is 34.2 Å². The highest BCUT2D eigenvalue weighted by molar-refractivity contribution is 7.92. The fraction of sp³-hybridized carbons (Fsp3) is 0.471. The summed E-state index contributed by atoms with van der Waals surface area (Å²) >= 11 is 0. The smallest absolute Gasteiger partial charge is 0.339 e. The summed E-state index contributed by atoms with van der Waals surface area (Å²) < 4.78 is 26.9. The number of carboxylic acids is 1. The number of rotatable bonds is 8. The van der Waals surface area contributed by atoms with E-state index < -0.39 is 16.0 Å². The van der Waals surface area contributed by atoms with E-state index >= 15 is 0 Å². The predicted octanol–water partition coefficient (Wildman–Crippen LogP) is 1.66. The van der Waals surface area contributed by atoms with Gasteiger partial charge in [-0.1, -0.05) is 0 Å². The number of likely N-dealkylation sites (N-methyl/N-ethyl adjacent to an activating group) is 1. The Labute approximate surface area is 159 Å². The maximum Gasteiger partial charge on any atom is 0.339 e. The summed E-state index contributed by atoms with van der Waals surface area (Å²) in [4.78, 5) is 17.5. The topological polar surface area (TPSA) is 117 Å². The van der Waals surface area contributed by atoms with Crippen LogP contribution < -0.4 is 9.62 Å². The molecular weight excluding hydrogens is 370 g/mol. The number of anilines is 2. The molecule has 2 aromatic heterocycles. The van der Waals surface area contributed by atoms with Gasteiger partial charge in [0.25, 0.3) is 0 Å². The number of hydrogen-bond donors (Lipinski definition) is 2. The summed E-state index contributed by atoms with van der Waals surface area (Å²) in [6.45, 7) is 7.35. The molecule has 148 valence electrons. The highest BCUT2D eigenvalue weighted by atomic mass is 32.2. The molecule has 2 rings (SSSR count). The van der Waals surface area contributed by atoms with Crippen LogP contribution in [0.25, 0.3) is 0 Å². The van der Waals surface area contributed by atoms with Gasteiger partial charge in [0.1, 0.15) is 11.4 Å². The Morgan fingerprint density at radius 1 is 1.37 bits per heavy atom. The van der Waals surface area contributed by atoms with E-state index in [1.807, 2.05) is 25.5 Å². The van der Waals surface area contributed by atoms with E-state index in [0.717, 1.165) is 29.8 Å². The molecule has 0 atom stereocenters. The summed E-state index contributed by atoms with van der Waals surface area (Å²) in [6.07, 6.45) is 3.00. The number of carboxylic acid groups (broad SMARTS) is 1. The van der Waals surface area contributed by atoms with Gasteiger partial charge in [0.2, 0.25) is 10.0 Å². The van der Waals surface area contributed by atoms with Gasteiger partial charge in [-0.2, -0.15) is 5.10 Å². The molecule has 9 nitrogen and oxygen atoms in total. The monoisotopic (exact) mass is 395 g/mol. The molecule has 0 fully saturated rings. The fourth-order valence-corrected chi connectivity index (χ4v) is 3.52. The second kappa shape index (κ2) is 7.95. The van der Waals surface area contributed by atoms with Crippen LogP contribution in [0.15, 0.2) is 12.3 Å². The van der Waals surface area contributed by atoms with E-state index in [1.54, 1.807) is 11.9 Å². The molecule has 0 saturated carbocycles. The summed E-state index contributed by atoms with van der Waals surface area (Å²) in [7, 11) is -1.76. The lowest BCUT2D eigenvalue weighted by molar-refractivity contribution is 0.0697. The first-order valence-electron chi connectivity index (χ1n) is 8.48. The zero-order chi connectivity index (χ0) is 20.4. The van der Waals surface area contributed by atoms with Crippen LogP contribution in [0.4, 0.5) is 11.5 Å². The molecule has 0 spiro atoms. The molecule has 2 N–H and O–H groups in total. The minimum atomic E-state index is -3.51. The lowest BCUT2D eigenvalue weighted by Gasteiger charge is -2.20. The van der Waals surface area contributed by atoms with E-state index in [9.17, 15) is 18.3 Å². The normalized spacial score (nSPS) is 11.4. The molecule has 0 unspecified atom stereocenters. The van der Waals surface area contributed by atoms with Crippen molar-refractivity contribution in [1.29, 1.82) is 0 Å². The van der Waals surface area contributed by atoms with Crippen molar-refractivity contribution >= 4 is 27.5 Å². The lowest BCUT2D eigenvalue weighted by Crippen LogP contribution is -2.24. The Hall–Kier alpha value is -2.62. The third kappa shape index (κ3) is 4.97.